The Morgan fingerprint density at radius 1 is 1.23 bits per heavy atom. The molecule has 1 aliphatic rings. The topological polar surface area (TPSA) is 12.0 Å². The molecule has 1 atom stereocenters. The number of nitrogens with one attached hydrogen (secondary N) is 1. The van der Waals surface area contributed by atoms with Gasteiger partial charge >= 0.3 is 0 Å². The fourth-order valence-corrected chi connectivity index (χ4v) is 1.94. The maximum atomic E-state index is 3.47. The molecule has 1 aromatic rings. The van der Waals surface area contributed by atoms with Crippen LogP contribution in [0.25, 0.3) is 0 Å². The van der Waals surface area contributed by atoms with Crippen LogP contribution in [0.5, 0.6) is 0 Å². The molecule has 1 nitrogen and oxygen atoms in total. The molecule has 1 aliphatic heterocycles. The van der Waals surface area contributed by atoms with Gasteiger partial charge < -0.3 is 5.32 Å². The Morgan fingerprint density at radius 2 is 1.85 bits per heavy atom. The van der Waals surface area contributed by atoms with Crippen molar-refractivity contribution in [2.45, 2.75) is 26.8 Å². The minimum Gasteiger partial charge on any atom is -0.309 e. The maximum absolute atomic E-state index is 3.47. The molecule has 70 valence electrons. The summed E-state index contributed by atoms with van der Waals surface area (Å²) in [6.45, 7) is 7.89. The smallest absolute Gasteiger partial charge is 0.0384 e. The number of rotatable bonds is 1. The monoisotopic (exact) mass is 175 g/mol. The maximum Gasteiger partial charge on any atom is 0.0384 e. The first-order chi connectivity index (χ1) is 6.09. The lowest BCUT2D eigenvalue weighted by Gasteiger charge is -2.46. The van der Waals surface area contributed by atoms with Crippen molar-refractivity contribution >= 4 is 0 Å². The van der Waals surface area contributed by atoms with Crippen molar-refractivity contribution in [3.05, 3.63) is 35.4 Å². The molecule has 1 saturated heterocycles. The van der Waals surface area contributed by atoms with Gasteiger partial charge in [0.15, 0.2) is 0 Å². The summed E-state index contributed by atoms with van der Waals surface area (Å²) in [6, 6.07) is 9.38. The lowest BCUT2D eigenvalue weighted by atomic mass is 9.74. The molecular weight excluding hydrogens is 158 g/mol. The van der Waals surface area contributed by atoms with Crippen molar-refractivity contribution in [2.24, 2.45) is 5.41 Å². The zero-order valence-corrected chi connectivity index (χ0v) is 8.59. The van der Waals surface area contributed by atoms with E-state index in [1.165, 1.54) is 11.1 Å². The summed E-state index contributed by atoms with van der Waals surface area (Å²) in [7, 11) is 0. The SMILES string of the molecule is Cc1ccc(C2NCC2(C)C)cc1. The molecule has 1 heteroatoms. The predicted molar refractivity (Wildman–Crippen MR) is 55.7 cm³/mol. The first kappa shape index (κ1) is 8.76. The molecule has 1 heterocycles. The highest BCUT2D eigenvalue weighted by atomic mass is 15.0. The number of aryl methyl sites for hydroxylation is 1. The van der Waals surface area contributed by atoms with E-state index < -0.39 is 0 Å². The second kappa shape index (κ2) is 2.85. The van der Waals surface area contributed by atoms with Crippen molar-refractivity contribution in [3.63, 3.8) is 0 Å². The summed E-state index contributed by atoms with van der Waals surface area (Å²) >= 11 is 0. The van der Waals surface area contributed by atoms with Crippen LogP contribution in [0, 0.1) is 12.3 Å². The van der Waals surface area contributed by atoms with Gasteiger partial charge in [-0.15, -0.1) is 0 Å². The van der Waals surface area contributed by atoms with Gasteiger partial charge in [0.1, 0.15) is 0 Å². The third kappa shape index (κ3) is 1.49. The van der Waals surface area contributed by atoms with E-state index in [0.717, 1.165) is 6.54 Å². The molecule has 0 bridgehead atoms. The van der Waals surface area contributed by atoms with Gasteiger partial charge in [-0.2, -0.15) is 0 Å². The van der Waals surface area contributed by atoms with Crippen LogP contribution in [-0.4, -0.2) is 6.54 Å². The van der Waals surface area contributed by atoms with E-state index in [-0.39, 0.29) is 0 Å². The summed E-state index contributed by atoms with van der Waals surface area (Å²) < 4.78 is 0. The lowest BCUT2D eigenvalue weighted by Crippen LogP contribution is -2.52. The largest absolute Gasteiger partial charge is 0.309 e. The van der Waals surface area contributed by atoms with Gasteiger partial charge in [-0.1, -0.05) is 43.7 Å². The Labute approximate surface area is 80.2 Å². The average Bonchev–Trinajstić information content (AvgIpc) is 2.07. The fraction of sp³-hybridized carbons (Fsp3) is 0.500. The second-order valence-corrected chi connectivity index (χ2v) is 4.71. The molecule has 1 aromatic carbocycles. The van der Waals surface area contributed by atoms with Crippen molar-refractivity contribution in [3.8, 4) is 0 Å². The van der Waals surface area contributed by atoms with Gasteiger partial charge in [-0.05, 0) is 17.9 Å². The third-order valence-corrected chi connectivity index (χ3v) is 2.95. The van der Waals surface area contributed by atoms with Gasteiger partial charge in [0.25, 0.3) is 0 Å². The van der Waals surface area contributed by atoms with Crippen LogP contribution in [0.2, 0.25) is 0 Å². The van der Waals surface area contributed by atoms with Gasteiger partial charge in [0.2, 0.25) is 0 Å². The van der Waals surface area contributed by atoms with Gasteiger partial charge in [-0.25, -0.2) is 0 Å². The van der Waals surface area contributed by atoms with E-state index in [9.17, 15) is 0 Å². The van der Waals surface area contributed by atoms with E-state index in [1.807, 2.05) is 0 Å². The molecular formula is C12H17N. The van der Waals surface area contributed by atoms with Crippen molar-refractivity contribution in [1.82, 2.24) is 5.32 Å². The first-order valence-corrected chi connectivity index (χ1v) is 4.89. The number of hydrogen-bond acceptors (Lipinski definition) is 1. The molecule has 0 saturated carbocycles. The van der Waals surface area contributed by atoms with Gasteiger partial charge in [-0.3, -0.25) is 0 Å². The standard InChI is InChI=1S/C12H17N/c1-9-4-6-10(7-5-9)11-12(2,3)8-13-11/h4-7,11,13H,8H2,1-3H3. The summed E-state index contributed by atoms with van der Waals surface area (Å²) in [4.78, 5) is 0. The van der Waals surface area contributed by atoms with E-state index in [1.54, 1.807) is 0 Å². The van der Waals surface area contributed by atoms with E-state index in [2.05, 4.69) is 50.4 Å². The Balaban J connectivity index is 2.22. The zero-order valence-electron chi connectivity index (χ0n) is 8.59. The molecule has 1 fully saturated rings. The molecule has 0 spiro atoms. The van der Waals surface area contributed by atoms with E-state index in [4.69, 9.17) is 0 Å². The van der Waals surface area contributed by atoms with Crippen LogP contribution >= 0.6 is 0 Å². The second-order valence-electron chi connectivity index (χ2n) is 4.71. The van der Waals surface area contributed by atoms with Crippen LogP contribution in [0.4, 0.5) is 0 Å². The van der Waals surface area contributed by atoms with Crippen molar-refractivity contribution in [1.29, 1.82) is 0 Å². The van der Waals surface area contributed by atoms with Gasteiger partial charge in [0.05, 0.1) is 0 Å². The molecule has 0 amide bonds. The van der Waals surface area contributed by atoms with Gasteiger partial charge in [0, 0.05) is 12.6 Å². The predicted octanol–water partition coefficient (Wildman–Crippen LogP) is 2.67. The molecule has 13 heavy (non-hydrogen) atoms. The average molecular weight is 175 g/mol. The zero-order chi connectivity index (χ0) is 9.47. The van der Waals surface area contributed by atoms with Crippen LogP contribution in [0.3, 0.4) is 0 Å². The summed E-state index contributed by atoms with van der Waals surface area (Å²) in [5.74, 6) is 0. The van der Waals surface area contributed by atoms with Crippen LogP contribution in [-0.2, 0) is 0 Å². The number of benzene rings is 1. The summed E-state index contributed by atoms with van der Waals surface area (Å²) in [5.41, 5.74) is 3.18. The van der Waals surface area contributed by atoms with Crippen LogP contribution in [0.1, 0.15) is 31.0 Å². The number of hydrogen-bond donors (Lipinski definition) is 1. The normalized spacial score (nSPS) is 25.3. The highest BCUT2D eigenvalue weighted by Gasteiger charge is 2.38. The molecule has 0 radical (unpaired) electrons. The van der Waals surface area contributed by atoms with Crippen LogP contribution in [0.15, 0.2) is 24.3 Å². The van der Waals surface area contributed by atoms with Crippen molar-refractivity contribution in [2.75, 3.05) is 6.54 Å². The Hall–Kier alpha value is -0.820. The third-order valence-electron chi connectivity index (χ3n) is 2.95. The highest BCUT2D eigenvalue weighted by molar-refractivity contribution is 5.27. The Bertz CT molecular complexity index is 297. The molecule has 1 unspecified atom stereocenters. The first-order valence-electron chi connectivity index (χ1n) is 4.89. The fourth-order valence-electron chi connectivity index (χ4n) is 1.94. The summed E-state index contributed by atoms with van der Waals surface area (Å²) in [6.07, 6.45) is 0. The Morgan fingerprint density at radius 3 is 2.23 bits per heavy atom. The minimum absolute atomic E-state index is 0.426. The minimum atomic E-state index is 0.426. The quantitative estimate of drug-likeness (QED) is 0.692. The summed E-state index contributed by atoms with van der Waals surface area (Å²) in [5, 5.41) is 3.47. The molecule has 1 N–H and O–H groups in total. The lowest BCUT2D eigenvalue weighted by molar-refractivity contribution is 0.128. The van der Waals surface area contributed by atoms with Crippen LogP contribution < -0.4 is 5.32 Å². The van der Waals surface area contributed by atoms with Crippen molar-refractivity contribution < 1.29 is 0 Å². The molecule has 2 rings (SSSR count). The highest BCUT2D eigenvalue weighted by Crippen LogP contribution is 2.39. The molecule has 0 aliphatic carbocycles. The van der Waals surface area contributed by atoms with E-state index in [0.29, 0.717) is 11.5 Å². The molecule has 0 aromatic heterocycles. The Kier molecular flexibility index (Phi) is 1.92. The van der Waals surface area contributed by atoms with E-state index >= 15 is 0 Å².